The van der Waals surface area contributed by atoms with Crippen molar-refractivity contribution in [2.24, 2.45) is 0 Å². The van der Waals surface area contributed by atoms with Crippen LogP contribution in [0.25, 0.3) is 0 Å². The molecule has 120 valence electrons. The molecule has 0 unspecified atom stereocenters. The number of carbonyl (C=O) groups is 1. The average Bonchev–Trinajstić information content (AvgIpc) is 2.59. The molecule has 3 aromatic carbocycles. The zero-order valence-corrected chi connectivity index (χ0v) is 13.5. The van der Waals surface area contributed by atoms with Crippen molar-refractivity contribution in [3.05, 3.63) is 83.4 Å². The largest absolute Gasteiger partial charge is 0.457 e. The third-order valence-electron chi connectivity index (χ3n) is 3.35. The van der Waals surface area contributed by atoms with E-state index in [9.17, 15) is 4.79 Å². The summed E-state index contributed by atoms with van der Waals surface area (Å²) >= 11 is 6.02. The predicted molar refractivity (Wildman–Crippen MR) is 96.8 cm³/mol. The highest BCUT2D eigenvalue weighted by atomic mass is 35.5. The molecule has 0 atom stereocenters. The van der Waals surface area contributed by atoms with Crippen LogP contribution in [0.1, 0.15) is 10.4 Å². The molecule has 0 aliphatic rings. The second kappa shape index (κ2) is 7.06. The van der Waals surface area contributed by atoms with Crippen LogP contribution in [-0.4, -0.2) is 5.91 Å². The normalized spacial score (nSPS) is 10.2. The Labute approximate surface area is 144 Å². The lowest BCUT2D eigenvalue weighted by Gasteiger charge is -2.09. The lowest BCUT2D eigenvalue weighted by atomic mass is 10.2. The number of anilines is 2. The lowest BCUT2D eigenvalue weighted by Crippen LogP contribution is -2.12. The standard InChI is InChI=1S/C19H15ClN2O2/c20-18-4-2-1-3-17(18)19(23)22-14-7-11-16(12-8-14)24-15-9-5-13(21)6-10-15/h1-12H,21H2,(H,22,23). The summed E-state index contributed by atoms with van der Waals surface area (Å²) in [5.41, 5.74) is 7.41. The number of nitrogens with one attached hydrogen (secondary N) is 1. The van der Waals surface area contributed by atoms with Crippen molar-refractivity contribution in [2.75, 3.05) is 11.1 Å². The summed E-state index contributed by atoms with van der Waals surface area (Å²) in [6.07, 6.45) is 0. The average molecular weight is 339 g/mol. The highest BCUT2D eigenvalue weighted by Crippen LogP contribution is 2.24. The van der Waals surface area contributed by atoms with Gasteiger partial charge in [0.2, 0.25) is 0 Å². The smallest absolute Gasteiger partial charge is 0.257 e. The van der Waals surface area contributed by atoms with Crippen LogP contribution in [0.5, 0.6) is 11.5 Å². The van der Waals surface area contributed by atoms with E-state index in [0.29, 0.717) is 33.5 Å². The van der Waals surface area contributed by atoms with Gasteiger partial charge in [-0.15, -0.1) is 0 Å². The summed E-state index contributed by atoms with van der Waals surface area (Å²) in [7, 11) is 0. The van der Waals surface area contributed by atoms with E-state index in [4.69, 9.17) is 22.1 Å². The van der Waals surface area contributed by atoms with Gasteiger partial charge in [0.25, 0.3) is 5.91 Å². The van der Waals surface area contributed by atoms with Gasteiger partial charge in [-0.05, 0) is 60.7 Å². The Hall–Kier alpha value is -2.98. The maximum Gasteiger partial charge on any atom is 0.257 e. The monoisotopic (exact) mass is 338 g/mol. The highest BCUT2D eigenvalue weighted by Gasteiger charge is 2.09. The molecule has 3 aromatic rings. The number of hydrogen-bond acceptors (Lipinski definition) is 3. The van der Waals surface area contributed by atoms with E-state index in [0.717, 1.165) is 0 Å². The summed E-state index contributed by atoms with van der Waals surface area (Å²) in [4.78, 5) is 12.2. The fourth-order valence-corrected chi connectivity index (χ4v) is 2.34. The van der Waals surface area contributed by atoms with Crippen molar-refractivity contribution < 1.29 is 9.53 Å². The molecule has 0 aliphatic heterocycles. The fourth-order valence-electron chi connectivity index (χ4n) is 2.12. The van der Waals surface area contributed by atoms with Gasteiger partial charge in [0, 0.05) is 11.4 Å². The number of amides is 1. The first kappa shape index (κ1) is 15.9. The summed E-state index contributed by atoms with van der Waals surface area (Å²) < 4.78 is 5.71. The molecule has 3 rings (SSSR count). The maximum atomic E-state index is 12.2. The molecule has 1 amide bonds. The van der Waals surface area contributed by atoms with Crippen molar-refractivity contribution in [1.29, 1.82) is 0 Å². The Bertz CT molecular complexity index is 846. The zero-order valence-electron chi connectivity index (χ0n) is 12.7. The van der Waals surface area contributed by atoms with Gasteiger partial charge in [0.15, 0.2) is 0 Å². The van der Waals surface area contributed by atoms with Crippen LogP contribution >= 0.6 is 11.6 Å². The van der Waals surface area contributed by atoms with Crippen molar-refractivity contribution in [3.63, 3.8) is 0 Å². The van der Waals surface area contributed by atoms with Crippen molar-refractivity contribution in [1.82, 2.24) is 0 Å². The number of ether oxygens (including phenoxy) is 1. The van der Waals surface area contributed by atoms with Gasteiger partial charge in [-0.2, -0.15) is 0 Å². The van der Waals surface area contributed by atoms with Crippen molar-refractivity contribution in [3.8, 4) is 11.5 Å². The number of nitrogens with two attached hydrogens (primary N) is 1. The number of benzene rings is 3. The molecule has 24 heavy (non-hydrogen) atoms. The van der Waals surface area contributed by atoms with Gasteiger partial charge in [0.05, 0.1) is 10.6 Å². The summed E-state index contributed by atoms with van der Waals surface area (Å²) in [5, 5.41) is 3.22. The molecule has 0 heterocycles. The van der Waals surface area contributed by atoms with Crippen LogP contribution < -0.4 is 15.8 Å². The molecule has 0 bridgehead atoms. The third kappa shape index (κ3) is 3.86. The topological polar surface area (TPSA) is 64.3 Å². The highest BCUT2D eigenvalue weighted by molar-refractivity contribution is 6.34. The Morgan fingerprint density at radius 3 is 2.08 bits per heavy atom. The second-order valence-electron chi connectivity index (χ2n) is 5.13. The number of halogens is 1. The quantitative estimate of drug-likeness (QED) is 0.660. The number of nitrogen functional groups attached to an aromatic ring is 1. The van der Waals surface area contributed by atoms with Gasteiger partial charge in [-0.3, -0.25) is 4.79 Å². The van der Waals surface area contributed by atoms with Crippen LogP contribution in [0.3, 0.4) is 0 Å². The molecule has 4 nitrogen and oxygen atoms in total. The molecule has 5 heteroatoms. The van der Waals surface area contributed by atoms with E-state index in [2.05, 4.69) is 5.32 Å². The minimum absolute atomic E-state index is 0.257. The van der Waals surface area contributed by atoms with Crippen molar-refractivity contribution >= 4 is 28.9 Å². The summed E-state index contributed by atoms with van der Waals surface area (Å²) in [6, 6.07) is 21.1. The van der Waals surface area contributed by atoms with Crippen LogP contribution in [0.4, 0.5) is 11.4 Å². The summed E-state index contributed by atoms with van der Waals surface area (Å²) in [5.74, 6) is 1.10. The van der Waals surface area contributed by atoms with E-state index in [1.54, 1.807) is 72.8 Å². The molecular weight excluding hydrogens is 324 g/mol. The van der Waals surface area contributed by atoms with Gasteiger partial charge in [0.1, 0.15) is 11.5 Å². The number of rotatable bonds is 4. The van der Waals surface area contributed by atoms with Gasteiger partial charge in [-0.1, -0.05) is 23.7 Å². The molecule has 0 aliphatic carbocycles. The Kier molecular flexibility index (Phi) is 4.68. The minimum Gasteiger partial charge on any atom is -0.457 e. The van der Waals surface area contributed by atoms with Gasteiger partial charge < -0.3 is 15.8 Å². The molecule has 3 N–H and O–H groups in total. The first-order valence-electron chi connectivity index (χ1n) is 7.31. The minimum atomic E-state index is -0.257. The van der Waals surface area contributed by atoms with E-state index < -0.39 is 0 Å². The fraction of sp³-hybridized carbons (Fsp3) is 0. The Morgan fingerprint density at radius 2 is 1.46 bits per heavy atom. The Balaban J connectivity index is 1.67. The van der Waals surface area contributed by atoms with Gasteiger partial charge in [-0.25, -0.2) is 0 Å². The molecule has 0 spiro atoms. The number of hydrogen-bond donors (Lipinski definition) is 2. The summed E-state index contributed by atoms with van der Waals surface area (Å²) in [6.45, 7) is 0. The first-order valence-corrected chi connectivity index (χ1v) is 7.69. The van der Waals surface area contributed by atoms with Crippen LogP contribution in [0.15, 0.2) is 72.8 Å². The third-order valence-corrected chi connectivity index (χ3v) is 3.68. The van der Waals surface area contributed by atoms with Crippen LogP contribution in [-0.2, 0) is 0 Å². The molecule has 0 radical (unpaired) electrons. The van der Waals surface area contributed by atoms with Crippen LogP contribution in [0.2, 0.25) is 5.02 Å². The van der Waals surface area contributed by atoms with E-state index >= 15 is 0 Å². The second-order valence-corrected chi connectivity index (χ2v) is 5.54. The lowest BCUT2D eigenvalue weighted by molar-refractivity contribution is 0.102. The van der Waals surface area contributed by atoms with E-state index in [1.165, 1.54) is 0 Å². The molecule has 0 aromatic heterocycles. The molecule has 0 saturated carbocycles. The Morgan fingerprint density at radius 1 is 0.875 bits per heavy atom. The number of carbonyl (C=O) groups excluding carboxylic acids is 1. The predicted octanol–water partition coefficient (Wildman–Crippen LogP) is 4.97. The van der Waals surface area contributed by atoms with Crippen molar-refractivity contribution in [2.45, 2.75) is 0 Å². The SMILES string of the molecule is Nc1ccc(Oc2ccc(NC(=O)c3ccccc3Cl)cc2)cc1. The molecule has 0 saturated heterocycles. The molecular formula is C19H15ClN2O2. The molecule has 0 fully saturated rings. The van der Waals surface area contributed by atoms with Crippen LogP contribution in [0, 0.1) is 0 Å². The zero-order chi connectivity index (χ0) is 16.9. The van der Waals surface area contributed by atoms with E-state index in [-0.39, 0.29) is 5.91 Å². The van der Waals surface area contributed by atoms with E-state index in [1.807, 2.05) is 0 Å². The maximum absolute atomic E-state index is 12.2. The first-order chi connectivity index (χ1) is 11.6. The van der Waals surface area contributed by atoms with Gasteiger partial charge >= 0.3 is 0 Å².